The lowest BCUT2D eigenvalue weighted by Crippen LogP contribution is -2.38. The van der Waals surface area contributed by atoms with Gasteiger partial charge in [0.25, 0.3) is 5.91 Å². The lowest BCUT2D eigenvalue weighted by atomic mass is 10.1. The van der Waals surface area contributed by atoms with Crippen molar-refractivity contribution in [3.8, 4) is 22.6 Å². The number of likely N-dealkylation sites (N-methyl/N-ethyl adjacent to an activating group) is 1. The van der Waals surface area contributed by atoms with Crippen LogP contribution in [0.2, 0.25) is 0 Å². The summed E-state index contributed by atoms with van der Waals surface area (Å²) < 4.78 is 34.8. The van der Waals surface area contributed by atoms with E-state index in [0.29, 0.717) is 31.1 Å². The van der Waals surface area contributed by atoms with Crippen LogP contribution >= 0.6 is 0 Å². The predicted octanol–water partition coefficient (Wildman–Crippen LogP) is 4.45. The first-order valence-corrected chi connectivity index (χ1v) is 12.6. The SMILES string of the molecule is CC(Oc1ccc(-c2ccccc2)cc1)C(=O)N(C)CCCOc1cccc(S(C)(=O)=O)c1. The minimum absolute atomic E-state index is 0.124. The molecule has 33 heavy (non-hydrogen) atoms. The Morgan fingerprint density at radius 3 is 2.24 bits per heavy atom. The van der Waals surface area contributed by atoms with E-state index in [2.05, 4.69) is 0 Å². The number of ether oxygens (including phenoxy) is 2. The first-order chi connectivity index (χ1) is 15.7. The van der Waals surface area contributed by atoms with Gasteiger partial charge < -0.3 is 14.4 Å². The number of carbonyl (C=O) groups is 1. The van der Waals surface area contributed by atoms with Crippen LogP contribution in [0.25, 0.3) is 11.1 Å². The molecule has 174 valence electrons. The van der Waals surface area contributed by atoms with E-state index >= 15 is 0 Å². The Bertz CT molecular complexity index is 1160. The first kappa shape index (κ1) is 24.3. The molecule has 0 spiro atoms. The van der Waals surface area contributed by atoms with Gasteiger partial charge in [-0.05, 0) is 54.8 Å². The van der Waals surface area contributed by atoms with Crippen molar-refractivity contribution >= 4 is 15.7 Å². The summed E-state index contributed by atoms with van der Waals surface area (Å²) >= 11 is 0. The fourth-order valence-corrected chi connectivity index (χ4v) is 3.97. The normalized spacial score (nSPS) is 12.1. The largest absolute Gasteiger partial charge is 0.493 e. The number of sulfone groups is 1. The highest BCUT2D eigenvalue weighted by Crippen LogP contribution is 2.23. The summed E-state index contributed by atoms with van der Waals surface area (Å²) in [5.74, 6) is 1.00. The molecule has 0 aliphatic heterocycles. The summed E-state index contributed by atoms with van der Waals surface area (Å²) in [6.07, 6.45) is 1.14. The molecule has 6 nitrogen and oxygen atoms in total. The zero-order valence-electron chi connectivity index (χ0n) is 19.1. The maximum Gasteiger partial charge on any atom is 0.263 e. The minimum Gasteiger partial charge on any atom is -0.493 e. The standard InChI is InChI=1S/C26H29NO5S/c1-20(32-23-15-13-22(14-16-23)21-9-5-4-6-10-21)26(28)27(2)17-8-18-31-24-11-7-12-25(19-24)33(3,29)30/h4-7,9-16,19-20H,8,17-18H2,1-3H3. The third kappa shape index (κ3) is 7.08. The fraction of sp³-hybridized carbons (Fsp3) is 0.269. The molecular formula is C26H29NO5S. The van der Waals surface area contributed by atoms with E-state index in [1.54, 1.807) is 31.0 Å². The van der Waals surface area contributed by atoms with Crippen molar-refractivity contribution in [1.29, 1.82) is 0 Å². The third-order valence-electron chi connectivity index (χ3n) is 5.14. The summed E-state index contributed by atoms with van der Waals surface area (Å²) in [5.41, 5.74) is 2.21. The molecule has 0 bridgehead atoms. The predicted molar refractivity (Wildman–Crippen MR) is 129 cm³/mol. The zero-order valence-corrected chi connectivity index (χ0v) is 19.9. The lowest BCUT2D eigenvalue weighted by molar-refractivity contribution is -0.136. The van der Waals surface area contributed by atoms with Crippen molar-refractivity contribution in [1.82, 2.24) is 4.90 Å². The van der Waals surface area contributed by atoms with Crippen LogP contribution in [0.5, 0.6) is 11.5 Å². The molecule has 0 N–H and O–H groups in total. The number of hydrogen-bond donors (Lipinski definition) is 0. The van der Waals surface area contributed by atoms with Crippen LogP contribution in [0.1, 0.15) is 13.3 Å². The van der Waals surface area contributed by atoms with Gasteiger partial charge in [0.05, 0.1) is 11.5 Å². The topological polar surface area (TPSA) is 72.9 Å². The Morgan fingerprint density at radius 2 is 1.58 bits per heavy atom. The lowest BCUT2D eigenvalue weighted by Gasteiger charge is -2.22. The monoisotopic (exact) mass is 467 g/mol. The summed E-state index contributed by atoms with van der Waals surface area (Å²) in [7, 11) is -1.55. The van der Waals surface area contributed by atoms with Gasteiger partial charge in [0, 0.05) is 19.8 Å². The first-order valence-electron chi connectivity index (χ1n) is 10.7. The van der Waals surface area contributed by atoms with Crippen molar-refractivity contribution < 1.29 is 22.7 Å². The molecule has 3 aromatic rings. The molecule has 1 unspecified atom stereocenters. The molecule has 0 heterocycles. The second-order valence-electron chi connectivity index (χ2n) is 7.86. The quantitative estimate of drug-likeness (QED) is 0.412. The zero-order chi connectivity index (χ0) is 23.8. The number of rotatable bonds is 10. The van der Waals surface area contributed by atoms with Crippen LogP contribution in [0, 0.1) is 0 Å². The summed E-state index contributed by atoms with van der Waals surface area (Å²) in [5, 5.41) is 0. The number of nitrogens with zero attached hydrogens (tertiary/aromatic N) is 1. The molecule has 0 aliphatic rings. The highest BCUT2D eigenvalue weighted by atomic mass is 32.2. The molecule has 0 aromatic heterocycles. The number of hydrogen-bond acceptors (Lipinski definition) is 5. The van der Waals surface area contributed by atoms with Gasteiger partial charge in [-0.2, -0.15) is 0 Å². The van der Waals surface area contributed by atoms with Crippen molar-refractivity contribution in [2.45, 2.75) is 24.3 Å². The van der Waals surface area contributed by atoms with Crippen molar-refractivity contribution in [3.05, 3.63) is 78.9 Å². The summed E-state index contributed by atoms with van der Waals surface area (Å²) in [6, 6.07) is 24.1. The van der Waals surface area contributed by atoms with Crippen LogP contribution in [0.15, 0.2) is 83.8 Å². The van der Waals surface area contributed by atoms with Crippen LogP contribution in [0.3, 0.4) is 0 Å². The fourth-order valence-electron chi connectivity index (χ4n) is 3.32. The van der Waals surface area contributed by atoms with Crippen LogP contribution in [0.4, 0.5) is 0 Å². The van der Waals surface area contributed by atoms with E-state index < -0.39 is 15.9 Å². The van der Waals surface area contributed by atoms with Crippen LogP contribution < -0.4 is 9.47 Å². The Morgan fingerprint density at radius 1 is 0.909 bits per heavy atom. The van der Waals surface area contributed by atoms with E-state index in [4.69, 9.17) is 9.47 Å². The van der Waals surface area contributed by atoms with E-state index in [-0.39, 0.29) is 10.8 Å². The van der Waals surface area contributed by atoms with Crippen molar-refractivity contribution in [3.63, 3.8) is 0 Å². The summed E-state index contributed by atoms with van der Waals surface area (Å²) in [4.78, 5) is 14.5. The molecule has 3 rings (SSSR count). The van der Waals surface area contributed by atoms with E-state index in [0.717, 1.165) is 17.4 Å². The molecule has 1 atom stereocenters. The van der Waals surface area contributed by atoms with Gasteiger partial charge in [0.1, 0.15) is 11.5 Å². The Kier molecular flexibility index (Phi) is 8.11. The molecule has 0 saturated carbocycles. The van der Waals surface area contributed by atoms with Gasteiger partial charge in [0.2, 0.25) is 0 Å². The van der Waals surface area contributed by atoms with Crippen LogP contribution in [-0.4, -0.2) is 51.8 Å². The van der Waals surface area contributed by atoms with Crippen molar-refractivity contribution in [2.24, 2.45) is 0 Å². The van der Waals surface area contributed by atoms with Gasteiger partial charge in [0.15, 0.2) is 15.9 Å². The van der Waals surface area contributed by atoms with E-state index in [1.807, 2.05) is 54.6 Å². The maximum atomic E-state index is 12.6. The van der Waals surface area contributed by atoms with Gasteiger partial charge in [-0.3, -0.25) is 4.79 Å². The molecule has 0 saturated heterocycles. The molecule has 0 radical (unpaired) electrons. The number of carbonyl (C=O) groups excluding carboxylic acids is 1. The highest BCUT2D eigenvalue weighted by molar-refractivity contribution is 7.90. The molecule has 0 aliphatic carbocycles. The third-order valence-corrected chi connectivity index (χ3v) is 6.25. The van der Waals surface area contributed by atoms with Gasteiger partial charge >= 0.3 is 0 Å². The van der Waals surface area contributed by atoms with E-state index in [1.165, 1.54) is 12.1 Å². The van der Waals surface area contributed by atoms with Gasteiger partial charge in [-0.15, -0.1) is 0 Å². The highest BCUT2D eigenvalue weighted by Gasteiger charge is 2.19. The Balaban J connectivity index is 1.45. The molecular weight excluding hydrogens is 438 g/mol. The molecule has 3 aromatic carbocycles. The Hall–Kier alpha value is -3.32. The smallest absolute Gasteiger partial charge is 0.263 e. The minimum atomic E-state index is -3.28. The van der Waals surface area contributed by atoms with Crippen molar-refractivity contribution in [2.75, 3.05) is 26.5 Å². The second-order valence-corrected chi connectivity index (χ2v) is 9.88. The molecule has 1 amide bonds. The average Bonchev–Trinajstić information content (AvgIpc) is 2.82. The molecule has 0 fully saturated rings. The second kappa shape index (κ2) is 11.0. The molecule has 7 heteroatoms. The average molecular weight is 468 g/mol. The maximum absolute atomic E-state index is 12.6. The van der Waals surface area contributed by atoms with E-state index in [9.17, 15) is 13.2 Å². The number of benzene rings is 3. The summed E-state index contributed by atoms with van der Waals surface area (Å²) in [6.45, 7) is 2.59. The van der Waals surface area contributed by atoms with Gasteiger partial charge in [-0.1, -0.05) is 48.5 Å². The number of amides is 1. The van der Waals surface area contributed by atoms with Crippen LogP contribution in [-0.2, 0) is 14.6 Å². The van der Waals surface area contributed by atoms with Gasteiger partial charge in [-0.25, -0.2) is 8.42 Å². The Labute approximate surface area is 195 Å².